The van der Waals surface area contributed by atoms with Crippen LogP contribution >= 0.6 is 7.92 Å². The van der Waals surface area contributed by atoms with Crippen LogP contribution in [0.15, 0.2) is 30.3 Å². The number of Topliss-reactive ketones (excluding diaryl/α,β-unsaturated/α-hetero) is 1. The van der Waals surface area contributed by atoms with Crippen LogP contribution < -0.4 is 0 Å². The maximum absolute atomic E-state index is 12.3. The fourth-order valence-electron chi connectivity index (χ4n) is 3.55. The molecule has 2 aliphatic rings. The van der Waals surface area contributed by atoms with Crippen molar-refractivity contribution in [3.8, 4) is 0 Å². The molecule has 20 heavy (non-hydrogen) atoms. The minimum Gasteiger partial charge on any atom is -0.468 e. The number of carbonyl (C=O) groups is 2. The Morgan fingerprint density at radius 2 is 2.05 bits per heavy atom. The summed E-state index contributed by atoms with van der Waals surface area (Å²) in [6.07, 6.45) is 4.70. The van der Waals surface area contributed by atoms with Gasteiger partial charge in [0.05, 0.1) is 7.11 Å². The average Bonchev–Trinajstić information content (AvgIpc) is 2.71. The molecule has 2 fully saturated rings. The average molecular weight is 290 g/mol. The van der Waals surface area contributed by atoms with Crippen molar-refractivity contribution in [2.24, 2.45) is 5.92 Å². The largest absolute Gasteiger partial charge is 0.468 e. The molecule has 3 rings (SSSR count). The van der Waals surface area contributed by atoms with Gasteiger partial charge in [0.1, 0.15) is 5.92 Å². The molecule has 1 saturated heterocycles. The molecule has 2 atom stereocenters. The van der Waals surface area contributed by atoms with E-state index in [0.29, 0.717) is 6.16 Å². The van der Waals surface area contributed by atoms with Crippen molar-refractivity contribution in [1.82, 2.24) is 0 Å². The number of rotatable bonds is 3. The lowest BCUT2D eigenvalue weighted by Gasteiger charge is -2.46. The number of benzene rings is 1. The third-order valence-electron chi connectivity index (χ3n) is 4.71. The summed E-state index contributed by atoms with van der Waals surface area (Å²) >= 11 is 0. The molecule has 0 N–H and O–H groups in total. The molecule has 106 valence electrons. The Balaban J connectivity index is 1.85. The van der Waals surface area contributed by atoms with E-state index in [1.54, 1.807) is 0 Å². The van der Waals surface area contributed by atoms with Gasteiger partial charge in [-0.15, -0.1) is 0 Å². The number of hydrogen-bond acceptors (Lipinski definition) is 3. The van der Waals surface area contributed by atoms with E-state index < -0.39 is 13.8 Å². The summed E-state index contributed by atoms with van der Waals surface area (Å²) < 4.78 is 4.88. The summed E-state index contributed by atoms with van der Waals surface area (Å²) in [6.45, 7) is 0. The quantitative estimate of drug-likeness (QED) is 0.488. The van der Waals surface area contributed by atoms with E-state index in [0.717, 1.165) is 25.4 Å². The highest BCUT2D eigenvalue weighted by atomic mass is 31.1. The van der Waals surface area contributed by atoms with Crippen LogP contribution in [0.25, 0.3) is 0 Å². The van der Waals surface area contributed by atoms with Crippen molar-refractivity contribution in [2.45, 2.75) is 30.6 Å². The number of hydrogen-bond donors (Lipinski definition) is 0. The lowest BCUT2D eigenvalue weighted by atomic mass is 9.73. The Labute approximate surface area is 120 Å². The van der Waals surface area contributed by atoms with Crippen molar-refractivity contribution in [2.75, 3.05) is 13.3 Å². The second kappa shape index (κ2) is 5.29. The summed E-state index contributed by atoms with van der Waals surface area (Å²) in [7, 11) is 0.941. The number of ether oxygens (including phenoxy) is 1. The molecule has 4 heteroatoms. The molecular weight excluding hydrogens is 271 g/mol. The Morgan fingerprint density at radius 1 is 1.35 bits per heavy atom. The molecule has 1 aliphatic heterocycles. The lowest BCUT2D eigenvalue weighted by molar-refractivity contribution is -0.150. The van der Waals surface area contributed by atoms with Crippen LogP contribution in [-0.2, 0) is 20.5 Å². The van der Waals surface area contributed by atoms with Gasteiger partial charge in [-0.05, 0) is 24.6 Å². The van der Waals surface area contributed by atoms with Crippen LogP contribution in [0.2, 0.25) is 0 Å². The van der Waals surface area contributed by atoms with Gasteiger partial charge in [-0.3, -0.25) is 9.59 Å². The molecule has 1 heterocycles. The fourth-order valence-corrected chi connectivity index (χ4v) is 7.06. The minimum atomic E-state index is -0.490. The van der Waals surface area contributed by atoms with Gasteiger partial charge in [0.25, 0.3) is 0 Å². The SMILES string of the molecule is COC(=O)C1C(=O)CP(Cc2ccccc2)C12CCC2. The molecule has 1 spiro atoms. The summed E-state index contributed by atoms with van der Waals surface area (Å²) in [6, 6.07) is 10.3. The zero-order valence-corrected chi connectivity index (χ0v) is 12.6. The molecule has 0 amide bonds. The van der Waals surface area contributed by atoms with E-state index in [1.807, 2.05) is 18.2 Å². The highest BCUT2D eigenvalue weighted by molar-refractivity contribution is 7.60. The molecule has 1 saturated carbocycles. The van der Waals surface area contributed by atoms with E-state index in [9.17, 15) is 9.59 Å². The van der Waals surface area contributed by atoms with E-state index in [-0.39, 0.29) is 16.9 Å². The second-order valence-corrected chi connectivity index (χ2v) is 8.32. The highest BCUT2D eigenvalue weighted by Crippen LogP contribution is 2.69. The Morgan fingerprint density at radius 3 is 2.60 bits per heavy atom. The Kier molecular flexibility index (Phi) is 3.64. The predicted octanol–water partition coefficient (Wildman–Crippen LogP) is 2.96. The third kappa shape index (κ3) is 2.09. The molecule has 1 aromatic carbocycles. The lowest BCUT2D eigenvalue weighted by Crippen LogP contribution is -2.45. The molecule has 3 nitrogen and oxygen atoms in total. The molecule has 1 aromatic rings. The monoisotopic (exact) mass is 290 g/mol. The molecular formula is C16H19O3P. The third-order valence-corrected chi connectivity index (χ3v) is 8.11. The van der Waals surface area contributed by atoms with Crippen molar-refractivity contribution in [3.05, 3.63) is 35.9 Å². The van der Waals surface area contributed by atoms with Gasteiger partial charge in [-0.1, -0.05) is 44.7 Å². The zero-order chi connectivity index (χ0) is 14.2. The van der Waals surface area contributed by atoms with Gasteiger partial charge in [0.15, 0.2) is 5.78 Å². The van der Waals surface area contributed by atoms with Crippen LogP contribution in [0.5, 0.6) is 0 Å². The number of carbonyl (C=O) groups excluding carboxylic acids is 2. The first-order chi connectivity index (χ1) is 9.67. The first-order valence-corrected chi connectivity index (χ1v) is 8.78. The topological polar surface area (TPSA) is 43.4 Å². The van der Waals surface area contributed by atoms with Crippen molar-refractivity contribution in [3.63, 3.8) is 0 Å². The first-order valence-electron chi connectivity index (χ1n) is 7.07. The van der Waals surface area contributed by atoms with E-state index in [2.05, 4.69) is 12.1 Å². The highest BCUT2D eigenvalue weighted by Gasteiger charge is 2.60. The summed E-state index contributed by atoms with van der Waals surface area (Å²) in [4.78, 5) is 24.3. The maximum atomic E-state index is 12.3. The van der Waals surface area contributed by atoms with Crippen LogP contribution in [0.4, 0.5) is 0 Å². The molecule has 0 radical (unpaired) electrons. The summed E-state index contributed by atoms with van der Waals surface area (Å²) in [5, 5.41) is -0.0602. The molecule has 1 aliphatic carbocycles. The van der Waals surface area contributed by atoms with Gasteiger partial charge in [0.2, 0.25) is 0 Å². The molecule has 2 unspecified atom stereocenters. The number of esters is 1. The number of methoxy groups -OCH3 is 1. The van der Waals surface area contributed by atoms with Crippen LogP contribution in [0.1, 0.15) is 24.8 Å². The second-order valence-electron chi connectivity index (χ2n) is 5.72. The van der Waals surface area contributed by atoms with Crippen molar-refractivity contribution < 1.29 is 14.3 Å². The van der Waals surface area contributed by atoms with E-state index >= 15 is 0 Å². The van der Waals surface area contributed by atoms with E-state index in [4.69, 9.17) is 4.74 Å². The van der Waals surface area contributed by atoms with Gasteiger partial charge in [-0.25, -0.2) is 0 Å². The van der Waals surface area contributed by atoms with Gasteiger partial charge >= 0.3 is 5.97 Å². The van der Waals surface area contributed by atoms with Crippen molar-refractivity contribution in [1.29, 1.82) is 0 Å². The van der Waals surface area contributed by atoms with Gasteiger partial charge < -0.3 is 4.74 Å². The Bertz CT molecular complexity index is 522. The minimum absolute atomic E-state index is 0.0602. The summed E-state index contributed by atoms with van der Waals surface area (Å²) in [5.41, 5.74) is 1.28. The van der Waals surface area contributed by atoms with E-state index in [1.165, 1.54) is 12.7 Å². The van der Waals surface area contributed by atoms with Gasteiger partial charge in [-0.2, -0.15) is 0 Å². The van der Waals surface area contributed by atoms with Crippen molar-refractivity contribution >= 4 is 19.7 Å². The number of ketones is 1. The molecule has 0 aromatic heterocycles. The fraction of sp³-hybridized carbons (Fsp3) is 0.500. The normalized spacial score (nSPS) is 27.4. The van der Waals surface area contributed by atoms with Gasteiger partial charge in [0, 0.05) is 11.3 Å². The van der Waals surface area contributed by atoms with Crippen LogP contribution in [-0.4, -0.2) is 30.2 Å². The smallest absolute Gasteiger partial charge is 0.317 e. The summed E-state index contributed by atoms with van der Waals surface area (Å²) in [5.74, 6) is -0.692. The first kappa shape index (κ1) is 13.8. The maximum Gasteiger partial charge on any atom is 0.317 e. The van der Waals surface area contributed by atoms with Crippen LogP contribution in [0.3, 0.4) is 0 Å². The predicted molar refractivity (Wildman–Crippen MR) is 79.0 cm³/mol. The molecule has 0 bridgehead atoms. The zero-order valence-electron chi connectivity index (χ0n) is 11.7. The van der Waals surface area contributed by atoms with Crippen LogP contribution in [0, 0.1) is 5.92 Å². The standard InChI is InChI=1S/C16H19O3P/c1-19-15(18)14-13(17)11-20(16(14)8-5-9-16)10-12-6-3-2-4-7-12/h2-4,6-7,14H,5,8-11H2,1H3. The Hall–Kier alpha value is -1.21.